The summed E-state index contributed by atoms with van der Waals surface area (Å²) in [7, 11) is -1.97. The summed E-state index contributed by atoms with van der Waals surface area (Å²) in [6, 6.07) is 12.8. The van der Waals surface area contributed by atoms with E-state index in [-0.39, 0.29) is 6.54 Å². The maximum Gasteiger partial charge on any atom is 0.264 e. The highest BCUT2D eigenvalue weighted by molar-refractivity contribution is 7.93. The second-order valence-corrected chi connectivity index (χ2v) is 8.04. The number of aryl methyl sites for hydroxylation is 2. The number of sulfonamides is 1. The zero-order chi connectivity index (χ0) is 16.8. The Bertz CT molecular complexity index is 860. The van der Waals surface area contributed by atoms with Crippen LogP contribution < -0.4 is 4.31 Å². The first-order chi connectivity index (χ1) is 10.8. The van der Waals surface area contributed by atoms with Crippen LogP contribution in [0.5, 0.6) is 0 Å². The summed E-state index contributed by atoms with van der Waals surface area (Å²) >= 11 is 0. The van der Waals surface area contributed by atoms with Crippen LogP contribution >= 0.6 is 0 Å². The highest BCUT2D eigenvalue weighted by atomic mass is 32.2. The van der Waals surface area contributed by atoms with Crippen molar-refractivity contribution >= 4 is 15.7 Å². The molecule has 3 rings (SSSR count). The molecular formula is C18H21NO3S. The van der Waals surface area contributed by atoms with Gasteiger partial charge in [0.25, 0.3) is 10.0 Å². The molecule has 1 aliphatic rings. The van der Waals surface area contributed by atoms with E-state index in [0.29, 0.717) is 16.1 Å². The first kappa shape index (κ1) is 16.0. The average molecular weight is 331 g/mol. The van der Waals surface area contributed by atoms with E-state index in [9.17, 15) is 8.42 Å². The highest BCUT2D eigenvalue weighted by Crippen LogP contribution is 2.40. The summed E-state index contributed by atoms with van der Waals surface area (Å²) in [5.74, 6) is 0. The molecule has 0 bridgehead atoms. The Morgan fingerprint density at radius 1 is 1.09 bits per heavy atom. The second-order valence-electron chi connectivity index (χ2n) is 6.21. The number of ether oxygens (including phenoxy) is 1. The van der Waals surface area contributed by atoms with E-state index in [1.54, 1.807) is 19.2 Å². The molecule has 2 aromatic rings. The topological polar surface area (TPSA) is 46.6 Å². The van der Waals surface area contributed by atoms with Gasteiger partial charge in [0.15, 0.2) is 0 Å². The summed E-state index contributed by atoms with van der Waals surface area (Å²) < 4.78 is 33.3. The van der Waals surface area contributed by atoms with Gasteiger partial charge >= 0.3 is 0 Å². The van der Waals surface area contributed by atoms with Crippen molar-refractivity contribution in [3.05, 3.63) is 59.2 Å². The van der Waals surface area contributed by atoms with Gasteiger partial charge in [-0.05, 0) is 50.1 Å². The Morgan fingerprint density at radius 3 is 2.43 bits per heavy atom. The molecule has 0 N–H and O–H groups in total. The Balaban J connectivity index is 2.22. The number of methoxy groups -OCH3 is 1. The summed E-state index contributed by atoms with van der Waals surface area (Å²) in [5, 5.41) is 0. The normalized spacial score (nSPS) is 22.7. The molecule has 23 heavy (non-hydrogen) atoms. The SMILES string of the molecule is COC1(C)CN(c2ccc(C)c(C)c2)S(=O)(=O)c2ccccc21. The summed E-state index contributed by atoms with van der Waals surface area (Å²) in [4.78, 5) is 0.314. The summed E-state index contributed by atoms with van der Waals surface area (Å²) in [6.07, 6.45) is 0. The van der Waals surface area contributed by atoms with Crippen molar-refractivity contribution in [1.82, 2.24) is 0 Å². The lowest BCUT2D eigenvalue weighted by Gasteiger charge is -2.41. The Hall–Kier alpha value is -1.85. The van der Waals surface area contributed by atoms with Crippen LogP contribution in [0.25, 0.3) is 0 Å². The molecule has 0 aliphatic carbocycles. The molecule has 1 unspecified atom stereocenters. The number of anilines is 1. The lowest BCUT2D eigenvalue weighted by molar-refractivity contribution is 0.00679. The van der Waals surface area contributed by atoms with Crippen LogP contribution in [0.3, 0.4) is 0 Å². The van der Waals surface area contributed by atoms with E-state index >= 15 is 0 Å². The van der Waals surface area contributed by atoms with Crippen molar-refractivity contribution in [2.24, 2.45) is 0 Å². The zero-order valence-electron chi connectivity index (χ0n) is 13.8. The lowest BCUT2D eigenvalue weighted by Crippen LogP contribution is -2.49. The van der Waals surface area contributed by atoms with Crippen molar-refractivity contribution < 1.29 is 13.2 Å². The number of benzene rings is 2. The van der Waals surface area contributed by atoms with Crippen LogP contribution in [0.4, 0.5) is 5.69 Å². The van der Waals surface area contributed by atoms with E-state index in [1.165, 1.54) is 4.31 Å². The van der Waals surface area contributed by atoms with Crippen LogP contribution in [0.2, 0.25) is 0 Å². The third kappa shape index (κ3) is 2.44. The van der Waals surface area contributed by atoms with Crippen LogP contribution in [-0.2, 0) is 20.4 Å². The second kappa shape index (κ2) is 5.35. The third-order valence-electron chi connectivity index (χ3n) is 4.70. The molecule has 0 amide bonds. The third-order valence-corrected chi connectivity index (χ3v) is 6.53. The molecule has 4 nitrogen and oxygen atoms in total. The number of fused-ring (bicyclic) bond motifs is 1. The molecular weight excluding hydrogens is 310 g/mol. The summed E-state index contributed by atoms with van der Waals surface area (Å²) in [6.45, 7) is 6.18. The molecule has 122 valence electrons. The molecule has 1 heterocycles. The predicted octanol–water partition coefficient (Wildman–Crippen LogP) is 3.37. The molecule has 2 aromatic carbocycles. The largest absolute Gasteiger partial charge is 0.372 e. The molecule has 1 atom stereocenters. The fourth-order valence-electron chi connectivity index (χ4n) is 2.98. The van der Waals surface area contributed by atoms with Gasteiger partial charge in [0.2, 0.25) is 0 Å². The number of hydrogen-bond acceptors (Lipinski definition) is 3. The van der Waals surface area contributed by atoms with Gasteiger partial charge in [-0.3, -0.25) is 4.31 Å². The van der Waals surface area contributed by atoms with Crippen molar-refractivity contribution in [2.75, 3.05) is 18.0 Å². The fourth-order valence-corrected chi connectivity index (χ4v) is 4.83. The number of rotatable bonds is 2. The van der Waals surface area contributed by atoms with Gasteiger partial charge in [-0.25, -0.2) is 8.42 Å². The van der Waals surface area contributed by atoms with Gasteiger partial charge in [-0.1, -0.05) is 24.3 Å². The average Bonchev–Trinajstić information content (AvgIpc) is 2.54. The predicted molar refractivity (Wildman–Crippen MR) is 91.3 cm³/mol. The first-order valence-corrected chi connectivity index (χ1v) is 8.98. The van der Waals surface area contributed by atoms with E-state index in [4.69, 9.17) is 4.74 Å². The highest BCUT2D eigenvalue weighted by Gasteiger charge is 2.44. The fraction of sp³-hybridized carbons (Fsp3) is 0.333. The van der Waals surface area contributed by atoms with Gasteiger partial charge in [0, 0.05) is 12.7 Å². The van der Waals surface area contributed by atoms with E-state index in [1.807, 2.05) is 51.1 Å². The van der Waals surface area contributed by atoms with Crippen LogP contribution in [0, 0.1) is 13.8 Å². The molecule has 0 saturated heterocycles. The number of nitrogens with zero attached hydrogens (tertiary/aromatic N) is 1. The smallest absolute Gasteiger partial charge is 0.264 e. The monoisotopic (exact) mass is 331 g/mol. The Kier molecular flexibility index (Phi) is 3.73. The molecule has 0 fully saturated rings. The van der Waals surface area contributed by atoms with Crippen LogP contribution in [0.1, 0.15) is 23.6 Å². The molecule has 0 radical (unpaired) electrons. The van der Waals surface area contributed by atoms with Crippen LogP contribution in [-0.4, -0.2) is 22.1 Å². The molecule has 5 heteroatoms. The minimum absolute atomic E-state index is 0.255. The minimum Gasteiger partial charge on any atom is -0.372 e. The standard InChI is InChI=1S/C18H21NO3S/c1-13-9-10-15(11-14(13)2)19-12-18(3,22-4)16-7-5-6-8-17(16)23(19,20)21/h5-11H,12H2,1-4H3. The van der Waals surface area contributed by atoms with Crippen molar-refractivity contribution in [1.29, 1.82) is 0 Å². The Labute approximate surface area is 137 Å². The van der Waals surface area contributed by atoms with Gasteiger partial charge in [0.1, 0.15) is 5.60 Å². The minimum atomic E-state index is -3.59. The van der Waals surface area contributed by atoms with Gasteiger partial charge in [0.05, 0.1) is 17.1 Å². The van der Waals surface area contributed by atoms with E-state index in [2.05, 4.69) is 0 Å². The van der Waals surface area contributed by atoms with E-state index < -0.39 is 15.6 Å². The molecule has 0 spiro atoms. The zero-order valence-corrected chi connectivity index (χ0v) is 14.6. The maximum atomic E-state index is 13.1. The van der Waals surface area contributed by atoms with Crippen molar-refractivity contribution in [3.8, 4) is 0 Å². The lowest BCUT2D eigenvalue weighted by atomic mass is 9.95. The summed E-state index contributed by atoms with van der Waals surface area (Å²) in [5.41, 5.74) is 2.91. The maximum absolute atomic E-state index is 13.1. The van der Waals surface area contributed by atoms with Crippen molar-refractivity contribution in [3.63, 3.8) is 0 Å². The van der Waals surface area contributed by atoms with Gasteiger partial charge in [-0.2, -0.15) is 0 Å². The van der Waals surface area contributed by atoms with Crippen LogP contribution in [0.15, 0.2) is 47.4 Å². The quantitative estimate of drug-likeness (QED) is 0.847. The molecule has 0 aromatic heterocycles. The van der Waals surface area contributed by atoms with Gasteiger partial charge in [-0.15, -0.1) is 0 Å². The van der Waals surface area contributed by atoms with E-state index in [0.717, 1.165) is 11.1 Å². The molecule has 1 aliphatic heterocycles. The number of hydrogen-bond donors (Lipinski definition) is 0. The Morgan fingerprint density at radius 2 is 1.78 bits per heavy atom. The van der Waals surface area contributed by atoms with Gasteiger partial charge < -0.3 is 4.74 Å². The van der Waals surface area contributed by atoms with Crippen molar-refractivity contribution in [2.45, 2.75) is 31.3 Å². The first-order valence-electron chi connectivity index (χ1n) is 7.54. The molecule has 0 saturated carbocycles.